The summed E-state index contributed by atoms with van der Waals surface area (Å²) in [6.45, 7) is 8.07. The summed E-state index contributed by atoms with van der Waals surface area (Å²) < 4.78 is 0. The van der Waals surface area contributed by atoms with Crippen molar-refractivity contribution in [2.45, 2.75) is 19.8 Å². The average Bonchev–Trinajstić information content (AvgIpc) is 2.04. The van der Waals surface area contributed by atoms with E-state index in [1.54, 1.807) is 0 Å². The molecule has 0 N–H and O–H groups in total. The molecule has 1 aromatic carbocycles. The Bertz CT molecular complexity index is 253. The van der Waals surface area contributed by atoms with Gasteiger partial charge in [0, 0.05) is 18.6 Å². The van der Waals surface area contributed by atoms with Crippen LogP contribution >= 0.6 is 0 Å². The van der Waals surface area contributed by atoms with Crippen LogP contribution in [0.1, 0.15) is 24.0 Å². The Kier molecular flexibility index (Phi) is 5.04. The van der Waals surface area contributed by atoms with E-state index in [0.717, 1.165) is 0 Å². The van der Waals surface area contributed by atoms with Gasteiger partial charge in [0.1, 0.15) is 0 Å². The van der Waals surface area contributed by atoms with E-state index >= 15 is 0 Å². The number of benzene rings is 1. The second-order valence-corrected chi connectivity index (χ2v) is 2.88. The molecule has 0 aliphatic carbocycles. The van der Waals surface area contributed by atoms with Crippen LogP contribution in [0.25, 0.3) is 0 Å². The molecule has 0 amide bonds. The van der Waals surface area contributed by atoms with E-state index in [1.165, 1.54) is 11.1 Å². The largest absolute Gasteiger partial charge is 0.102 e. The maximum atomic E-state index is 3.78. The number of aryl methyl sites for hydroxylation is 1. The van der Waals surface area contributed by atoms with Crippen LogP contribution in [0.4, 0.5) is 0 Å². The van der Waals surface area contributed by atoms with E-state index in [1.807, 2.05) is 6.08 Å². The van der Waals surface area contributed by atoms with Gasteiger partial charge in [0.2, 0.25) is 0 Å². The van der Waals surface area contributed by atoms with Gasteiger partial charge in [0.05, 0.1) is 0 Å². The van der Waals surface area contributed by atoms with Crippen LogP contribution in [0.5, 0.6) is 0 Å². The molecule has 0 aliphatic rings. The summed E-state index contributed by atoms with van der Waals surface area (Å²) in [5, 5.41) is 0. The molecule has 1 heteroatoms. The average molecular weight is 197 g/mol. The molecule has 0 nitrogen and oxygen atoms in total. The molecule has 0 heterocycles. The fraction of sp³-hybridized carbons (Fsp3) is 0.273. The Hall–Kier alpha value is -0.456. The minimum atomic E-state index is 0. The quantitative estimate of drug-likeness (QED) is 0.638. The molecule has 12 heavy (non-hydrogen) atoms. The van der Waals surface area contributed by atoms with E-state index in [-0.39, 0.29) is 18.6 Å². The normalized spacial score (nSPS) is 11.5. The molecule has 0 aromatic heterocycles. The molecular formula is C11H14V. The molecule has 0 saturated carbocycles. The molecule has 1 unspecified atom stereocenters. The van der Waals surface area contributed by atoms with E-state index in [0.29, 0.717) is 5.92 Å². The first kappa shape index (κ1) is 11.5. The molecule has 0 fully saturated rings. The van der Waals surface area contributed by atoms with Gasteiger partial charge in [-0.1, -0.05) is 37.3 Å². The van der Waals surface area contributed by atoms with Crippen molar-refractivity contribution in [3.05, 3.63) is 48.0 Å². The minimum absolute atomic E-state index is 0. The molecular weight excluding hydrogens is 183 g/mol. The van der Waals surface area contributed by atoms with Crippen molar-refractivity contribution in [3.8, 4) is 0 Å². The third kappa shape index (κ3) is 2.55. The molecule has 0 saturated heterocycles. The first-order valence-corrected chi connectivity index (χ1v) is 3.93. The predicted octanol–water partition coefficient (Wildman–Crippen LogP) is 3.28. The van der Waals surface area contributed by atoms with Gasteiger partial charge in [-0.25, -0.2) is 0 Å². The first-order chi connectivity index (χ1) is 5.25. The van der Waals surface area contributed by atoms with Crippen LogP contribution in [0.3, 0.4) is 0 Å². The minimum Gasteiger partial charge on any atom is -0.102 e. The summed E-state index contributed by atoms with van der Waals surface area (Å²) in [6, 6.07) is 8.42. The number of rotatable bonds is 2. The molecule has 0 spiro atoms. The Labute approximate surface area is 86.6 Å². The van der Waals surface area contributed by atoms with Gasteiger partial charge in [-0.2, -0.15) is 0 Å². The zero-order chi connectivity index (χ0) is 8.27. The van der Waals surface area contributed by atoms with Gasteiger partial charge in [-0.15, -0.1) is 6.58 Å². The predicted molar refractivity (Wildman–Crippen MR) is 49.8 cm³/mol. The summed E-state index contributed by atoms with van der Waals surface area (Å²) >= 11 is 0. The van der Waals surface area contributed by atoms with Gasteiger partial charge in [0.25, 0.3) is 0 Å². The molecule has 1 radical (unpaired) electrons. The Balaban J connectivity index is 0.00000121. The zero-order valence-corrected chi connectivity index (χ0v) is 9.02. The SMILES string of the molecule is C=CC(C)c1ccccc1C.[V]. The summed E-state index contributed by atoms with van der Waals surface area (Å²) in [4.78, 5) is 0. The van der Waals surface area contributed by atoms with Gasteiger partial charge >= 0.3 is 0 Å². The van der Waals surface area contributed by atoms with Crippen molar-refractivity contribution in [3.63, 3.8) is 0 Å². The van der Waals surface area contributed by atoms with Crippen molar-refractivity contribution < 1.29 is 18.6 Å². The number of hydrogen-bond donors (Lipinski definition) is 0. The maximum absolute atomic E-state index is 3.78. The second-order valence-electron chi connectivity index (χ2n) is 2.88. The third-order valence-corrected chi connectivity index (χ3v) is 2.03. The smallest absolute Gasteiger partial charge is 0 e. The van der Waals surface area contributed by atoms with E-state index in [4.69, 9.17) is 0 Å². The molecule has 63 valence electrons. The fourth-order valence-electron chi connectivity index (χ4n) is 1.22. The van der Waals surface area contributed by atoms with Crippen LogP contribution in [-0.4, -0.2) is 0 Å². The number of allylic oxidation sites excluding steroid dienone is 1. The van der Waals surface area contributed by atoms with Crippen LogP contribution in [0.2, 0.25) is 0 Å². The Morgan fingerprint density at radius 2 is 1.92 bits per heavy atom. The van der Waals surface area contributed by atoms with E-state index < -0.39 is 0 Å². The van der Waals surface area contributed by atoms with Gasteiger partial charge in [-0.05, 0) is 24.0 Å². The number of hydrogen-bond acceptors (Lipinski definition) is 0. The summed E-state index contributed by atoms with van der Waals surface area (Å²) in [5.41, 5.74) is 2.72. The summed E-state index contributed by atoms with van der Waals surface area (Å²) in [7, 11) is 0. The summed E-state index contributed by atoms with van der Waals surface area (Å²) in [6.07, 6.45) is 1.97. The first-order valence-electron chi connectivity index (χ1n) is 3.93. The maximum Gasteiger partial charge on any atom is 0 e. The second kappa shape index (κ2) is 5.24. The molecule has 0 aliphatic heterocycles. The van der Waals surface area contributed by atoms with Crippen molar-refractivity contribution in [2.75, 3.05) is 0 Å². The van der Waals surface area contributed by atoms with Crippen LogP contribution in [0, 0.1) is 6.92 Å². The molecule has 0 bridgehead atoms. The zero-order valence-electron chi connectivity index (χ0n) is 7.62. The van der Waals surface area contributed by atoms with Crippen molar-refractivity contribution in [1.29, 1.82) is 0 Å². The van der Waals surface area contributed by atoms with Crippen LogP contribution < -0.4 is 0 Å². The van der Waals surface area contributed by atoms with E-state index in [2.05, 4.69) is 44.7 Å². The fourth-order valence-corrected chi connectivity index (χ4v) is 1.22. The summed E-state index contributed by atoms with van der Waals surface area (Å²) in [5.74, 6) is 0.469. The Morgan fingerprint density at radius 3 is 2.42 bits per heavy atom. The molecule has 1 aromatic rings. The van der Waals surface area contributed by atoms with Gasteiger partial charge in [-0.3, -0.25) is 0 Å². The molecule has 1 atom stereocenters. The van der Waals surface area contributed by atoms with Crippen molar-refractivity contribution in [1.82, 2.24) is 0 Å². The standard InChI is InChI=1S/C11H14.V/c1-4-9(2)11-8-6-5-7-10(11)3;/h4-9H,1H2,2-3H3;. The van der Waals surface area contributed by atoms with Gasteiger partial charge in [0.15, 0.2) is 0 Å². The van der Waals surface area contributed by atoms with Crippen molar-refractivity contribution >= 4 is 0 Å². The third-order valence-electron chi connectivity index (χ3n) is 2.03. The van der Waals surface area contributed by atoms with Gasteiger partial charge < -0.3 is 0 Å². The Morgan fingerprint density at radius 1 is 1.33 bits per heavy atom. The van der Waals surface area contributed by atoms with E-state index in [9.17, 15) is 0 Å². The van der Waals surface area contributed by atoms with Crippen LogP contribution in [-0.2, 0) is 18.6 Å². The monoisotopic (exact) mass is 197 g/mol. The van der Waals surface area contributed by atoms with Crippen molar-refractivity contribution in [2.24, 2.45) is 0 Å². The van der Waals surface area contributed by atoms with Crippen LogP contribution in [0.15, 0.2) is 36.9 Å². The molecule has 1 rings (SSSR count). The topological polar surface area (TPSA) is 0 Å².